The minimum absolute atomic E-state index is 0.845. The zero-order valence-corrected chi connectivity index (χ0v) is 10.6. The number of nitrogens with one attached hydrogen (secondary N) is 1. The quantitative estimate of drug-likeness (QED) is 0.842. The first kappa shape index (κ1) is 11.1. The molecule has 0 aliphatic heterocycles. The monoisotopic (exact) mass is 275 g/mol. The maximum atomic E-state index is 3.38. The van der Waals surface area contributed by atoms with Crippen LogP contribution in [0.3, 0.4) is 0 Å². The molecule has 0 spiro atoms. The van der Waals surface area contributed by atoms with Crippen LogP contribution in [-0.4, -0.2) is 20.1 Å². The predicted octanol–water partition coefficient (Wildman–Crippen LogP) is 2.12. The van der Waals surface area contributed by atoms with Crippen molar-refractivity contribution in [3.63, 3.8) is 0 Å². The van der Waals surface area contributed by atoms with Crippen LogP contribution in [0.5, 0.6) is 0 Å². The molecular formula is C14H13NSe. The van der Waals surface area contributed by atoms with Gasteiger partial charge < -0.3 is 0 Å². The fourth-order valence-electron chi connectivity index (χ4n) is 1.47. The van der Waals surface area contributed by atoms with E-state index < -0.39 is 0 Å². The summed E-state index contributed by atoms with van der Waals surface area (Å²) in [5.74, 6) is 0. The molecule has 0 aliphatic carbocycles. The van der Waals surface area contributed by atoms with Crippen LogP contribution in [0, 0.1) is 0 Å². The Morgan fingerprint density at radius 1 is 0.875 bits per heavy atom. The summed E-state index contributed by atoms with van der Waals surface area (Å²) in [7, 11) is 0. The van der Waals surface area contributed by atoms with Crippen molar-refractivity contribution in [3.05, 3.63) is 71.8 Å². The second kappa shape index (κ2) is 5.64. The number of hydrogen-bond acceptors (Lipinski definition) is 1. The van der Waals surface area contributed by atoms with Gasteiger partial charge >= 0.3 is 104 Å². The van der Waals surface area contributed by atoms with Gasteiger partial charge in [0.25, 0.3) is 0 Å². The van der Waals surface area contributed by atoms with Crippen LogP contribution < -0.4 is 5.32 Å². The second-order valence-corrected chi connectivity index (χ2v) is 4.39. The number of benzene rings is 2. The summed E-state index contributed by atoms with van der Waals surface area (Å²) in [6.07, 6.45) is 0. The van der Waals surface area contributed by atoms with Crippen LogP contribution >= 0.6 is 0 Å². The summed E-state index contributed by atoms with van der Waals surface area (Å²) in [6, 6.07) is 20.6. The van der Waals surface area contributed by atoms with Gasteiger partial charge in [-0.2, -0.15) is 0 Å². The molecule has 1 nitrogen and oxygen atoms in total. The van der Waals surface area contributed by atoms with Crippen molar-refractivity contribution >= 4 is 20.1 Å². The van der Waals surface area contributed by atoms with Crippen molar-refractivity contribution in [2.24, 2.45) is 0 Å². The van der Waals surface area contributed by atoms with Gasteiger partial charge in [0.1, 0.15) is 0 Å². The Balaban J connectivity index is 1.95. The van der Waals surface area contributed by atoms with Gasteiger partial charge in [0.05, 0.1) is 0 Å². The van der Waals surface area contributed by atoms with Crippen molar-refractivity contribution in [2.45, 2.75) is 6.54 Å². The van der Waals surface area contributed by atoms with E-state index in [9.17, 15) is 0 Å². The van der Waals surface area contributed by atoms with E-state index in [4.69, 9.17) is 0 Å². The summed E-state index contributed by atoms with van der Waals surface area (Å²) in [4.78, 5) is 0. The molecule has 0 amide bonds. The molecule has 0 aliphatic rings. The molecule has 0 bridgehead atoms. The third kappa shape index (κ3) is 3.06. The summed E-state index contributed by atoms with van der Waals surface area (Å²) < 4.78 is 1.09. The second-order valence-electron chi connectivity index (χ2n) is 3.53. The van der Waals surface area contributed by atoms with Crippen LogP contribution in [0.1, 0.15) is 11.1 Å². The molecule has 2 heteroatoms. The Hall–Kier alpha value is -1.37. The van der Waals surface area contributed by atoms with E-state index in [2.05, 4.69) is 57.3 Å². The third-order valence-electron chi connectivity index (χ3n) is 2.33. The van der Waals surface area contributed by atoms with Gasteiger partial charge in [0, 0.05) is 0 Å². The van der Waals surface area contributed by atoms with Crippen molar-refractivity contribution < 1.29 is 0 Å². The first-order valence-corrected chi connectivity index (χ1v) is 6.09. The van der Waals surface area contributed by atoms with Gasteiger partial charge in [-0.25, -0.2) is 0 Å². The molecule has 1 N–H and O–H groups in total. The molecule has 0 aromatic heterocycles. The standard InChI is InChI=1S/C14H13NSe/c16-14(13-9-5-2-6-10-13)15-11-12-7-3-1-4-8-12/h1-10H,11H2,(H,15,16). The van der Waals surface area contributed by atoms with E-state index in [1.54, 1.807) is 0 Å². The zero-order chi connectivity index (χ0) is 11.2. The van der Waals surface area contributed by atoms with E-state index in [0.29, 0.717) is 0 Å². The topological polar surface area (TPSA) is 12.0 Å². The van der Waals surface area contributed by atoms with Crippen molar-refractivity contribution in [3.8, 4) is 0 Å². The van der Waals surface area contributed by atoms with Gasteiger partial charge in [0.15, 0.2) is 0 Å². The molecule has 2 aromatic carbocycles. The average molecular weight is 274 g/mol. The molecule has 0 atom stereocenters. The van der Waals surface area contributed by atoms with Crippen LogP contribution in [0.2, 0.25) is 0 Å². The molecule has 0 saturated heterocycles. The molecule has 0 unspecified atom stereocenters. The molecule has 0 fully saturated rings. The minimum atomic E-state index is 0.845. The zero-order valence-electron chi connectivity index (χ0n) is 8.89. The predicted molar refractivity (Wildman–Crippen MR) is 69.6 cm³/mol. The number of rotatable bonds is 4. The fourth-order valence-corrected chi connectivity index (χ4v) is 1.91. The molecule has 80 valence electrons. The molecule has 0 heterocycles. The summed E-state index contributed by atoms with van der Waals surface area (Å²) in [6.45, 7) is 0.845. The first-order chi connectivity index (χ1) is 7.86. The van der Waals surface area contributed by atoms with Crippen LogP contribution in [0.4, 0.5) is 0 Å². The molecule has 16 heavy (non-hydrogen) atoms. The van der Waals surface area contributed by atoms with Crippen LogP contribution in [-0.2, 0) is 6.54 Å². The van der Waals surface area contributed by atoms with Crippen LogP contribution in [0.15, 0.2) is 60.7 Å². The first-order valence-electron chi connectivity index (χ1n) is 5.23. The molecule has 2 rings (SSSR count). The van der Waals surface area contributed by atoms with Crippen molar-refractivity contribution in [2.75, 3.05) is 0 Å². The fraction of sp³-hybridized carbons (Fsp3) is 0.0714. The van der Waals surface area contributed by atoms with E-state index >= 15 is 0 Å². The van der Waals surface area contributed by atoms with Gasteiger partial charge in [-0.3, -0.25) is 0 Å². The Morgan fingerprint density at radius 2 is 1.44 bits per heavy atom. The summed E-state index contributed by atoms with van der Waals surface area (Å²) in [5.41, 5.74) is 2.48. The molecule has 0 radical (unpaired) electrons. The van der Waals surface area contributed by atoms with Crippen LogP contribution in [0.25, 0.3) is 0 Å². The van der Waals surface area contributed by atoms with Crippen molar-refractivity contribution in [1.29, 1.82) is 0 Å². The molecule has 0 saturated carbocycles. The van der Waals surface area contributed by atoms with E-state index in [1.165, 1.54) is 11.1 Å². The SMILES string of the molecule is [Se]=C(NCc1ccccc1)c1ccccc1. The van der Waals surface area contributed by atoms with E-state index in [0.717, 1.165) is 11.1 Å². The van der Waals surface area contributed by atoms with Gasteiger partial charge in [-0.15, -0.1) is 0 Å². The van der Waals surface area contributed by atoms with Gasteiger partial charge in [0.2, 0.25) is 0 Å². The Morgan fingerprint density at radius 3 is 2.06 bits per heavy atom. The van der Waals surface area contributed by atoms with Gasteiger partial charge in [-0.05, 0) is 0 Å². The normalized spacial score (nSPS) is 9.75. The van der Waals surface area contributed by atoms with E-state index in [1.807, 2.05) is 24.3 Å². The third-order valence-corrected chi connectivity index (χ3v) is 3.13. The Kier molecular flexibility index (Phi) is 3.92. The molecule has 2 aromatic rings. The van der Waals surface area contributed by atoms with E-state index in [-0.39, 0.29) is 0 Å². The average Bonchev–Trinajstić information content (AvgIpc) is 2.38. The number of hydrogen-bond donors (Lipinski definition) is 1. The van der Waals surface area contributed by atoms with Gasteiger partial charge in [-0.1, -0.05) is 0 Å². The van der Waals surface area contributed by atoms with Crippen molar-refractivity contribution in [1.82, 2.24) is 5.32 Å². The summed E-state index contributed by atoms with van der Waals surface area (Å²) >= 11 is 3.07. The maximum absolute atomic E-state index is 3.38. The Labute approximate surface area is 104 Å². The molecular weight excluding hydrogens is 261 g/mol. The Bertz CT molecular complexity index is 451. The summed E-state index contributed by atoms with van der Waals surface area (Å²) in [5, 5.41) is 3.38.